The SMILES string of the molecule is CCNC(=O)[C@@H](C)N(Cc1cccc(OC)c1)C(=O)CSCc1ccc(C)cc1. The number of nitrogens with one attached hydrogen (secondary N) is 1. The Morgan fingerprint density at radius 1 is 1.14 bits per heavy atom. The van der Waals surface area contributed by atoms with Crippen LogP contribution in [0.5, 0.6) is 5.75 Å². The maximum atomic E-state index is 13.0. The maximum Gasteiger partial charge on any atom is 0.242 e. The minimum absolute atomic E-state index is 0.0521. The van der Waals surface area contributed by atoms with E-state index in [-0.39, 0.29) is 11.8 Å². The van der Waals surface area contributed by atoms with E-state index in [0.717, 1.165) is 17.1 Å². The van der Waals surface area contributed by atoms with Crippen molar-refractivity contribution in [2.45, 2.75) is 39.1 Å². The molecule has 0 saturated carbocycles. The van der Waals surface area contributed by atoms with E-state index >= 15 is 0 Å². The van der Waals surface area contributed by atoms with Crippen molar-refractivity contribution in [2.75, 3.05) is 19.4 Å². The molecule has 6 heteroatoms. The molecule has 2 amide bonds. The van der Waals surface area contributed by atoms with Crippen molar-refractivity contribution in [1.29, 1.82) is 0 Å². The van der Waals surface area contributed by atoms with Gasteiger partial charge in [0.15, 0.2) is 0 Å². The highest BCUT2D eigenvalue weighted by molar-refractivity contribution is 7.99. The van der Waals surface area contributed by atoms with E-state index < -0.39 is 6.04 Å². The van der Waals surface area contributed by atoms with Gasteiger partial charge in [-0.05, 0) is 44.0 Å². The molecule has 2 aromatic rings. The first-order valence-electron chi connectivity index (χ1n) is 9.78. The summed E-state index contributed by atoms with van der Waals surface area (Å²) in [6.07, 6.45) is 0. The quantitative estimate of drug-likeness (QED) is 0.643. The van der Waals surface area contributed by atoms with Crippen LogP contribution in [-0.2, 0) is 21.9 Å². The number of nitrogens with zero attached hydrogens (tertiary/aromatic N) is 1. The smallest absolute Gasteiger partial charge is 0.242 e. The predicted molar refractivity (Wildman–Crippen MR) is 119 cm³/mol. The van der Waals surface area contributed by atoms with Gasteiger partial charge in [0, 0.05) is 18.8 Å². The molecule has 0 aromatic heterocycles. The van der Waals surface area contributed by atoms with Gasteiger partial charge in [-0.25, -0.2) is 0 Å². The summed E-state index contributed by atoms with van der Waals surface area (Å²) in [6, 6.07) is 15.3. The monoisotopic (exact) mass is 414 g/mol. The summed E-state index contributed by atoms with van der Waals surface area (Å²) in [6.45, 7) is 6.59. The molecule has 2 rings (SSSR count). The third-order valence-electron chi connectivity index (χ3n) is 4.62. The number of amides is 2. The molecule has 0 aliphatic rings. The van der Waals surface area contributed by atoms with E-state index in [2.05, 4.69) is 36.5 Å². The summed E-state index contributed by atoms with van der Waals surface area (Å²) in [5.41, 5.74) is 3.33. The van der Waals surface area contributed by atoms with Gasteiger partial charge in [0.1, 0.15) is 11.8 Å². The summed E-state index contributed by atoms with van der Waals surface area (Å²) >= 11 is 1.56. The lowest BCUT2D eigenvalue weighted by Crippen LogP contribution is -2.48. The normalized spacial score (nSPS) is 11.6. The summed E-state index contributed by atoms with van der Waals surface area (Å²) in [7, 11) is 1.61. The van der Waals surface area contributed by atoms with Gasteiger partial charge in [0.05, 0.1) is 12.9 Å². The van der Waals surface area contributed by atoms with Crippen LogP contribution in [0.4, 0.5) is 0 Å². The predicted octanol–water partition coefficient (Wildman–Crippen LogP) is 3.79. The molecule has 0 aliphatic heterocycles. The highest BCUT2D eigenvalue weighted by Crippen LogP contribution is 2.18. The zero-order chi connectivity index (χ0) is 21.2. The summed E-state index contributed by atoms with van der Waals surface area (Å²) in [4.78, 5) is 27.0. The Hall–Kier alpha value is -2.47. The van der Waals surface area contributed by atoms with Gasteiger partial charge in [-0.1, -0.05) is 42.0 Å². The van der Waals surface area contributed by atoms with Crippen molar-refractivity contribution in [3.05, 3.63) is 65.2 Å². The molecule has 0 fully saturated rings. The van der Waals surface area contributed by atoms with Gasteiger partial charge < -0.3 is 15.0 Å². The Morgan fingerprint density at radius 3 is 2.52 bits per heavy atom. The number of likely N-dealkylation sites (N-methyl/N-ethyl adjacent to an activating group) is 1. The lowest BCUT2D eigenvalue weighted by Gasteiger charge is -2.28. The fraction of sp³-hybridized carbons (Fsp3) is 0.391. The number of rotatable bonds is 10. The Kier molecular flexibility index (Phi) is 9.06. The molecule has 5 nitrogen and oxygen atoms in total. The molecule has 29 heavy (non-hydrogen) atoms. The molecule has 0 saturated heterocycles. The Bertz CT molecular complexity index is 808. The van der Waals surface area contributed by atoms with Crippen LogP contribution in [0.15, 0.2) is 48.5 Å². The fourth-order valence-corrected chi connectivity index (χ4v) is 3.77. The largest absolute Gasteiger partial charge is 0.497 e. The summed E-state index contributed by atoms with van der Waals surface area (Å²) in [5, 5.41) is 2.81. The van der Waals surface area contributed by atoms with Crippen LogP contribution in [0.25, 0.3) is 0 Å². The van der Waals surface area contributed by atoms with Gasteiger partial charge in [-0.15, -0.1) is 11.8 Å². The number of aryl methyl sites for hydroxylation is 1. The Balaban J connectivity index is 2.06. The number of carbonyl (C=O) groups is 2. The molecule has 0 heterocycles. The van der Waals surface area contributed by atoms with Crippen molar-refractivity contribution in [1.82, 2.24) is 10.2 Å². The molecular formula is C23H30N2O3S. The fourth-order valence-electron chi connectivity index (χ4n) is 2.90. The number of hydrogen-bond donors (Lipinski definition) is 1. The molecule has 156 valence electrons. The van der Waals surface area contributed by atoms with Crippen molar-refractivity contribution < 1.29 is 14.3 Å². The molecule has 0 radical (unpaired) electrons. The highest BCUT2D eigenvalue weighted by Gasteiger charge is 2.25. The first-order valence-corrected chi connectivity index (χ1v) is 10.9. The van der Waals surface area contributed by atoms with Crippen molar-refractivity contribution >= 4 is 23.6 Å². The molecule has 0 spiro atoms. The van der Waals surface area contributed by atoms with E-state index in [1.54, 1.807) is 30.7 Å². The standard InChI is InChI=1S/C23H30N2O3S/c1-5-24-23(27)18(3)25(14-20-7-6-8-21(13-20)28-4)22(26)16-29-15-19-11-9-17(2)10-12-19/h6-13,18H,5,14-16H2,1-4H3,(H,24,27)/t18-/m1/s1. The molecule has 0 aliphatic carbocycles. The molecule has 1 atom stereocenters. The Labute approximate surface area is 177 Å². The van der Waals surface area contributed by atoms with Crippen molar-refractivity contribution in [3.63, 3.8) is 0 Å². The van der Waals surface area contributed by atoms with Gasteiger partial charge >= 0.3 is 0 Å². The van der Waals surface area contributed by atoms with Crippen LogP contribution >= 0.6 is 11.8 Å². The second-order valence-electron chi connectivity index (χ2n) is 6.92. The Morgan fingerprint density at radius 2 is 1.86 bits per heavy atom. The minimum atomic E-state index is -0.548. The van der Waals surface area contributed by atoms with Crippen LogP contribution in [-0.4, -0.2) is 42.2 Å². The average Bonchev–Trinajstić information content (AvgIpc) is 2.73. The number of carbonyl (C=O) groups excluding carboxylic acids is 2. The van der Waals surface area contributed by atoms with Crippen LogP contribution < -0.4 is 10.1 Å². The maximum absolute atomic E-state index is 13.0. The van der Waals surface area contributed by atoms with E-state index in [1.807, 2.05) is 31.2 Å². The third-order valence-corrected chi connectivity index (χ3v) is 5.61. The van der Waals surface area contributed by atoms with Gasteiger partial charge in [-0.3, -0.25) is 9.59 Å². The van der Waals surface area contributed by atoms with E-state index in [1.165, 1.54) is 11.1 Å². The number of hydrogen-bond acceptors (Lipinski definition) is 4. The average molecular weight is 415 g/mol. The highest BCUT2D eigenvalue weighted by atomic mass is 32.2. The van der Waals surface area contributed by atoms with Gasteiger partial charge in [0.2, 0.25) is 11.8 Å². The zero-order valence-corrected chi connectivity index (χ0v) is 18.4. The first-order chi connectivity index (χ1) is 13.9. The van der Waals surface area contributed by atoms with E-state index in [9.17, 15) is 9.59 Å². The third kappa shape index (κ3) is 7.13. The van der Waals surface area contributed by atoms with Crippen LogP contribution in [0.3, 0.4) is 0 Å². The molecule has 2 aromatic carbocycles. The van der Waals surface area contributed by atoms with Gasteiger partial charge in [-0.2, -0.15) is 0 Å². The van der Waals surface area contributed by atoms with Crippen LogP contribution in [0.2, 0.25) is 0 Å². The number of benzene rings is 2. The molecule has 0 unspecified atom stereocenters. The molecule has 1 N–H and O–H groups in total. The first kappa shape index (κ1) is 22.8. The topological polar surface area (TPSA) is 58.6 Å². The minimum Gasteiger partial charge on any atom is -0.497 e. The van der Waals surface area contributed by atoms with Crippen LogP contribution in [0.1, 0.15) is 30.5 Å². The molecular weight excluding hydrogens is 384 g/mol. The molecule has 0 bridgehead atoms. The van der Waals surface area contributed by atoms with Crippen LogP contribution in [0, 0.1) is 6.92 Å². The second-order valence-corrected chi connectivity index (χ2v) is 7.91. The number of methoxy groups -OCH3 is 1. The summed E-state index contributed by atoms with van der Waals surface area (Å²) in [5.74, 6) is 1.61. The van der Waals surface area contributed by atoms with Crippen molar-refractivity contribution in [2.24, 2.45) is 0 Å². The lowest BCUT2D eigenvalue weighted by molar-refractivity contribution is -0.138. The van der Waals surface area contributed by atoms with Gasteiger partial charge in [0.25, 0.3) is 0 Å². The number of ether oxygens (including phenoxy) is 1. The summed E-state index contributed by atoms with van der Waals surface area (Å²) < 4.78 is 5.28. The van der Waals surface area contributed by atoms with Crippen molar-refractivity contribution in [3.8, 4) is 5.75 Å². The number of thioether (sulfide) groups is 1. The lowest BCUT2D eigenvalue weighted by atomic mass is 10.1. The van der Waals surface area contributed by atoms with E-state index in [0.29, 0.717) is 18.8 Å². The zero-order valence-electron chi connectivity index (χ0n) is 17.6. The van der Waals surface area contributed by atoms with E-state index in [4.69, 9.17) is 4.74 Å². The second kappa shape index (κ2) is 11.5.